The summed E-state index contributed by atoms with van der Waals surface area (Å²) in [5.41, 5.74) is 2.14. The van der Waals surface area contributed by atoms with Gasteiger partial charge in [0, 0.05) is 24.0 Å². The molecule has 1 aromatic carbocycles. The van der Waals surface area contributed by atoms with Gasteiger partial charge in [0.1, 0.15) is 6.61 Å². The lowest BCUT2D eigenvalue weighted by molar-refractivity contribution is -0.120. The Morgan fingerprint density at radius 1 is 1.24 bits per heavy atom. The number of hydrogen-bond donors (Lipinski definition) is 1. The zero-order chi connectivity index (χ0) is 14.9. The Balaban J connectivity index is 1.69. The second kappa shape index (κ2) is 7.78. The highest BCUT2D eigenvalue weighted by atomic mass is 16.5. The van der Waals surface area contributed by atoms with Gasteiger partial charge in [-0.3, -0.25) is 9.78 Å². The fourth-order valence-electron chi connectivity index (χ4n) is 1.71. The van der Waals surface area contributed by atoms with E-state index in [0.29, 0.717) is 24.3 Å². The monoisotopic (exact) mass is 281 g/mol. The van der Waals surface area contributed by atoms with E-state index < -0.39 is 0 Å². The molecular formula is C16H15N3O2. The summed E-state index contributed by atoms with van der Waals surface area (Å²) in [5.74, 6) is -0.222. The first-order valence-electron chi connectivity index (χ1n) is 6.55. The van der Waals surface area contributed by atoms with Crippen molar-refractivity contribution in [3.8, 4) is 6.07 Å². The molecule has 1 heterocycles. The van der Waals surface area contributed by atoms with E-state index in [1.807, 2.05) is 24.3 Å². The lowest BCUT2D eigenvalue weighted by Gasteiger charge is -2.06. The maximum absolute atomic E-state index is 11.7. The van der Waals surface area contributed by atoms with Gasteiger partial charge in [0.05, 0.1) is 18.2 Å². The summed E-state index contributed by atoms with van der Waals surface area (Å²) in [5, 5.41) is 11.4. The van der Waals surface area contributed by atoms with Crippen molar-refractivity contribution in [3.05, 3.63) is 59.9 Å². The van der Waals surface area contributed by atoms with Crippen LogP contribution in [0.15, 0.2) is 48.7 Å². The molecule has 0 fully saturated rings. The molecule has 0 atom stereocenters. The minimum atomic E-state index is -0.222. The van der Waals surface area contributed by atoms with Gasteiger partial charge in [0.2, 0.25) is 5.91 Å². The molecule has 0 aliphatic carbocycles. The molecule has 0 saturated carbocycles. The molecule has 1 N–H and O–H groups in total. The number of amides is 1. The number of pyridine rings is 1. The average molecular weight is 281 g/mol. The molecule has 106 valence electrons. The van der Waals surface area contributed by atoms with E-state index in [4.69, 9.17) is 10.00 Å². The van der Waals surface area contributed by atoms with Gasteiger partial charge in [-0.15, -0.1) is 0 Å². The Morgan fingerprint density at radius 3 is 2.71 bits per heavy atom. The number of rotatable bonds is 6. The highest BCUT2D eigenvalue weighted by molar-refractivity contribution is 5.91. The van der Waals surface area contributed by atoms with Crippen molar-refractivity contribution in [1.82, 2.24) is 4.98 Å². The van der Waals surface area contributed by atoms with E-state index in [9.17, 15) is 4.79 Å². The van der Waals surface area contributed by atoms with Crippen LogP contribution in [0.3, 0.4) is 0 Å². The van der Waals surface area contributed by atoms with Gasteiger partial charge in [0.25, 0.3) is 0 Å². The summed E-state index contributed by atoms with van der Waals surface area (Å²) in [7, 11) is 0. The van der Waals surface area contributed by atoms with Crippen LogP contribution in [0.1, 0.15) is 11.3 Å². The molecular weight excluding hydrogens is 266 g/mol. The second-order valence-electron chi connectivity index (χ2n) is 4.36. The summed E-state index contributed by atoms with van der Waals surface area (Å²) in [6.45, 7) is 0.435. The van der Waals surface area contributed by atoms with E-state index in [2.05, 4.69) is 10.3 Å². The molecule has 0 bridgehead atoms. The fraction of sp³-hybridized carbons (Fsp3) is 0.188. The number of carbonyl (C=O) groups is 1. The smallest absolute Gasteiger partial charge is 0.250 e. The van der Waals surface area contributed by atoms with Crippen LogP contribution in [0.25, 0.3) is 0 Å². The predicted octanol–water partition coefficient (Wildman–Crippen LogP) is 2.15. The Kier molecular flexibility index (Phi) is 5.44. The van der Waals surface area contributed by atoms with E-state index >= 15 is 0 Å². The minimum Gasteiger partial charge on any atom is -0.371 e. The van der Waals surface area contributed by atoms with Gasteiger partial charge in [-0.2, -0.15) is 5.26 Å². The van der Waals surface area contributed by atoms with Crippen LogP contribution in [0.4, 0.5) is 5.69 Å². The van der Waals surface area contributed by atoms with Crippen LogP contribution < -0.4 is 5.32 Å². The zero-order valence-corrected chi connectivity index (χ0v) is 11.5. The van der Waals surface area contributed by atoms with E-state index in [1.165, 1.54) is 0 Å². The number of aromatic nitrogens is 1. The van der Waals surface area contributed by atoms with Crippen LogP contribution in [0.2, 0.25) is 0 Å². The minimum absolute atomic E-state index is 0.00711. The van der Waals surface area contributed by atoms with Gasteiger partial charge in [-0.1, -0.05) is 6.07 Å². The molecule has 2 aromatic rings. The largest absolute Gasteiger partial charge is 0.371 e. The second-order valence-corrected chi connectivity index (χ2v) is 4.36. The number of anilines is 1. The number of benzene rings is 1. The van der Waals surface area contributed by atoms with Crippen LogP contribution in [0.5, 0.6) is 0 Å². The maximum atomic E-state index is 11.7. The van der Waals surface area contributed by atoms with Gasteiger partial charge < -0.3 is 10.1 Å². The van der Waals surface area contributed by atoms with Crippen molar-refractivity contribution >= 4 is 11.6 Å². The van der Waals surface area contributed by atoms with Crippen LogP contribution in [0, 0.1) is 11.3 Å². The highest BCUT2D eigenvalue weighted by Gasteiger charge is 2.03. The molecule has 5 nitrogen and oxygen atoms in total. The van der Waals surface area contributed by atoms with Crippen molar-refractivity contribution < 1.29 is 9.53 Å². The molecule has 0 aliphatic heterocycles. The van der Waals surface area contributed by atoms with Gasteiger partial charge >= 0.3 is 0 Å². The first kappa shape index (κ1) is 14.7. The summed E-state index contributed by atoms with van der Waals surface area (Å²) in [6, 6.07) is 14.4. The third kappa shape index (κ3) is 5.05. The lowest BCUT2D eigenvalue weighted by Crippen LogP contribution is -2.19. The molecule has 1 aromatic heterocycles. The molecule has 0 saturated heterocycles. The van der Waals surface area contributed by atoms with Gasteiger partial charge in [0.15, 0.2) is 0 Å². The summed E-state index contributed by atoms with van der Waals surface area (Å²) >= 11 is 0. The number of nitrogens with zero attached hydrogens (tertiary/aromatic N) is 2. The third-order valence-corrected chi connectivity index (χ3v) is 2.76. The molecule has 21 heavy (non-hydrogen) atoms. The quantitative estimate of drug-likeness (QED) is 0.823. The average Bonchev–Trinajstić information content (AvgIpc) is 2.53. The van der Waals surface area contributed by atoms with E-state index in [0.717, 1.165) is 5.69 Å². The van der Waals surface area contributed by atoms with E-state index in [-0.39, 0.29) is 12.5 Å². The lowest BCUT2D eigenvalue weighted by atomic mass is 10.2. The third-order valence-electron chi connectivity index (χ3n) is 2.76. The van der Waals surface area contributed by atoms with Crippen LogP contribution in [-0.2, 0) is 16.0 Å². The molecule has 0 unspecified atom stereocenters. The standard InChI is InChI=1S/C16H15N3O2/c17-11-13-4-6-15(7-5-13)19-16(20)12-21-10-8-14-3-1-2-9-18-14/h1-7,9H,8,10,12H2,(H,19,20). The Labute approximate surface area is 123 Å². The molecule has 2 rings (SSSR count). The van der Waals surface area contributed by atoms with Crippen molar-refractivity contribution in [2.45, 2.75) is 6.42 Å². The molecule has 0 spiro atoms. The van der Waals surface area contributed by atoms with Crippen LogP contribution >= 0.6 is 0 Å². The number of carbonyl (C=O) groups excluding carboxylic acids is 1. The summed E-state index contributed by atoms with van der Waals surface area (Å²) in [4.78, 5) is 15.8. The Bertz CT molecular complexity index is 618. The summed E-state index contributed by atoms with van der Waals surface area (Å²) < 4.78 is 5.31. The molecule has 0 radical (unpaired) electrons. The predicted molar refractivity (Wildman–Crippen MR) is 78.5 cm³/mol. The number of hydrogen-bond acceptors (Lipinski definition) is 4. The Hall–Kier alpha value is -2.71. The van der Waals surface area contributed by atoms with Gasteiger partial charge in [-0.25, -0.2) is 0 Å². The zero-order valence-electron chi connectivity index (χ0n) is 11.5. The number of nitrogens with one attached hydrogen (secondary N) is 1. The molecule has 1 amide bonds. The first-order valence-corrected chi connectivity index (χ1v) is 6.55. The normalized spacial score (nSPS) is 9.86. The maximum Gasteiger partial charge on any atom is 0.250 e. The summed E-state index contributed by atoms with van der Waals surface area (Å²) in [6.07, 6.45) is 2.40. The van der Waals surface area contributed by atoms with Gasteiger partial charge in [-0.05, 0) is 36.4 Å². The van der Waals surface area contributed by atoms with Crippen molar-refractivity contribution in [2.24, 2.45) is 0 Å². The number of ether oxygens (including phenoxy) is 1. The SMILES string of the molecule is N#Cc1ccc(NC(=O)COCCc2ccccn2)cc1. The fourth-order valence-corrected chi connectivity index (χ4v) is 1.71. The molecule has 0 aliphatic rings. The van der Waals surface area contributed by atoms with Crippen molar-refractivity contribution in [3.63, 3.8) is 0 Å². The van der Waals surface area contributed by atoms with Crippen LogP contribution in [-0.4, -0.2) is 24.1 Å². The Morgan fingerprint density at radius 2 is 2.05 bits per heavy atom. The number of nitriles is 1. The van der Waals surface area contributed by atoms with Crippen molar-refractivity contribution in [2.75, 3.05) is 18.5 Å². The first-order chi connectivity index (χ1) is 10.3. The topological polar surface area (TPSA) is 75.0 Å². The van der Waals surface area contributed by atoms with Crippen molar-refractivity contribution in [1.29, 1.82) is 5.26 Å². The highest BCUT2D eigenvalue weighted by Crippen LogP contribution is 2.08. The molecule has 5 heteroatoms. The van der Waals surface area contributed by atoms with E-state index in [1.54, 1.807) is 30.5 Å².